The zero-order valence-corrected chi connectivity index (χ0v) is 15.1. The summed E-state index contributed by atoms with van der Waals surface area (Å²) in [7, 11) is -3.88. The smallest absolute Gasteiger partial charge is 0.246 e. The van der Waals surface area contributed by atoms with Crippen molar-refractivity contribution < 1.29 is 21.6 Å². The standard InChI is InChI=1S/C14H10ClF3N4O2S2/c15-11-4-5-12(25-11)26(23,24)21-13-19-8-22(20-13)7-9-2-1-3-10(6-9)14(16,17)18/h1-6,8H,7H2,(H,20,21). The van der Waals surface area contributed by atoms with Gasteiger partial charge < -0.3 is 0 Å². The first-order valence-electron chi connectivity index (χ1n) is 6.97. The Balaban J connectivity index is 1.75. The lowest BCUT2D eigenvalue weighted by atomic mass is 10.1. The van der Waals surface area contributed by atoms with Gasteiger partial charge in [-0.15, -0.1) is 16.4 Å². The van der Waals surface area contributed by atoms with E-state index in [0.29, 0.717) is 9.90 Å². The average Bonchev–Trinajstić information content (AvgIpc) is 3.16. The van der Waals surface area contributed by atoms with Crippen molar-refractivity contribution in [2.75, 3.05) is 4.72 Å². The Hall–Kier alpha value is -2.11. The first-order valence-corrected chi connectivity index (χ1v) is 9.65. The molecule has 3 aromatic rings. The number of halogens is 4. The van der Waals surface area contributed by atoms with Gasteiger partial charge in [0.1, 0.15) is 10.5 Å². The first-order chi connectivity index (χ1) is 12.1. The topological polar surface area (TPSA) is 76.9 Å². The molecule has 26 heavy (non-hydrogen) atoms. The van der Waals surface area contributed by atoms with Crippen molar-refractivity contribution in [1.82, 2.24) is 14.8 Å². The second-order valence-electron chi connectivity index (χ2n) is 5.13. The normalized spacial score (nSPS) is 12.3. The first kappa shape index (κ1) is 18.7. The molecular weight excluding hydrogens is 413 g/mol. The molecule has 12 heteroatoms. The van der Waals surface area contributed by atoms with Gasteiger partial charge in [0, 0.05) is 0 Å². The monoisotopic (exact) mass is 422 g/mol. The molecule has 2 heterocycles. The predicted molar refractivity (Wildman–Crippen MR) is 90.7 cm³/mol. The minimum absolute atomic E-state index is 0.00303. The lowest BCUT2D eigenvalue weighted by molar-refractivity contribution is -0.137. The van der Waals surface area contributed by atoms with Crippen LogP contribution in [0.5, 0.6) is 0 Å². The van der Waals surface area contributed by atoms with Gasteiger partial charge in [-0.25, -0.2) is 17.8 Å². The highest BCUT2D eigenvalue weighted by atomic mass is 35.5. The zero-order valence-electron chi connectivity index (χ0n) is 12.7. The third-order valence-corrected chi connectivity index (χ3v) is 6.23. The van der Waals surface area contributed by atoms with Crippen molar-refractivity contribution >= 4 is 38.9 Å². The van der Waals surface area contributed by atoms with Crippen molar-refractivity contribution in [3.63, 3.8) is 0 Å². The van der Waals surface area contributed by atoms with Gasteiger partial charge in [-0.05, 0) is 29.8 Å². The van der Waals surface area contributed by atoms with E-state index in [-0.39, 0.29) is 16.7 Å². The highest BCUT2D eigenvalue weighted by Gasteiger charge is 2.30. The van der Waals surface area contributed by atoms with Crippen LogP contribution in [0.3, 0.4) is 0 Å². The number of benzene rings is 1. The van der Waals surface area contributed by atoms with Crippen LogP contribution >= 0.6 is 22.9 Å². The fraction of sp³-hybridized carbons (Fsp3) is 0.143. The van der Waals surface area contributed by atoms with Gasteiger partial charge in [0.2, 0.25) is 0 Å². The van der Waals surface area contributed by atoms with Crippen LogP contribution in [0.15, 0.2) is 46.9 Å². The van der Waals surface area contributed by atoms with E-state index in [2.05, 4.69) is 14.8 Å². The Morgan fingerprint density at radius 2 is 2.00 bits per heavy atom. The second-order valence-corrected chi connectivity index (χ2v) is 8.75. The summed E-state index contributed by atoms with van der Waals surface area (Å²) >= 11 is 6.59. The number of nitrogens with zero attached hydrogens (tertiary/aromatic N) is 3. The molecule has 3 rings (SSSR count). The fourth-order valence-corrected chi connectivity index (χ4v) is 4.49. The molecule has 0 aliphatic rings. The molecule has 0 spiro atoms. The van der Waals surface area contributed by atoms with E-state index in [1.54, 1.807) is 0 Å². The SMILES string of the molecule is O=S(=O)(Nc1ncn(Cc2cccc(C(F)(F)F)c2)n1)c1ccc(Cl)s1. The summed E-state index contributed by atoms with van der Waals surface area (Å²) in [6.07, 6.45) is -3.22. The van der Waals surface area contributed by atoms with Crippen molar-refractivity contribution in [2.45, 2.75) is 16.9 Å². The molecule has 1 N–H and O–H groups in total. The molecule has 0 radical (unpaired) electrons. The molecule has 2 aromatic heterocycles. The van der Waals surface area contributed by atoms with Gasteiger partial charge in [0.25, 0.3) is 16.0 Å². The number of anilines is 1. The van der Waals surface area contributed by atoms with Crippen molar-refractivity contribution in [2.24, 2.45) is 0 Å². The van der Waals surface area contributed by atoms with Gasteiger partial charge in [0.05, 0.1) is 16.4 Å². The molecule has 0 aliphatic heterocycles. The maximum absolute atomic E-state index is 12.7. The van der Waals surface area contributed by atoms with Crippen LogP contribution in [0.4, 0.5) is 19.1 Å². The minimum atomic E-state index is -4.44. The lowest BCUT2D eigenvalue weighted by Crippen LogP contribution is -2.13. The minimum Gasteiger partial charge on any atom is -0.246 e. The molecule has 0 amide bonds. The molecule has 0 saturated heterocycles. The highest BCUT2D eigenvalue weighted by molar-refractivity contribution is 7.94. The predicted octanol–water partition coefficient (Wildman–Crippen LogP) is 3.86. The van der Waals surface area contributed by atoms with Crippen LogP contribution in [0.2, 0.25) is 4.34 Å². The van der Waals surface area contributed by atoms with Gasteiger partial charge in [-0.2, -0.15) is 18.2 Å². The Bertz CT molecular complexity index is 1030. The quantitative estimate of drug-likeness (QED) is 0.677. The van der Waals surface area contributed by atoms with Gasteiger partial charge in [-0.1, -0.05) is 23.7 Å². The van der Waals surface area contributed by atoms with Crippen molar-refractivity contribution in [3.05, 3.63) is 58.2 Å². The van der Waals surface area contributed by atoms with E-state index >= 15 is 0 Å². The number of alkyl halides is 3. The van der Waals surface area contributed by atoms with Crippen molar-refractivity contribution in [3.8, 4) is 0 Å². The molecule has 0 atom stereocenters. The van der Waals surface area contributed by atoms with Crippen LogP contribution in [0.25, 0.3) is 0 Å². The number of rotatable bonds is 5. The number of nitrogens with one attached hydrogen (secondary N) is 1. The van der Waals surface area contributed by atoms with Gasteiger partial charge in [-0.3, -0.25) is 0 Å². The van der Waals surface area contributed by atoms with Crippen LogP contribution in [0, 0.1) is 0 Å². The van der Waals surface area contributed by atoms with E-state index in [9.17, 15) is 21.6 Å². The van der Waals surface area contributed by atoms with Gasteiger partial charge in [0.15, 0.2) is 0 Å². The highest BCUT2D eigenvalue weighted by Crippen LogP contribution is 2.30. The lowest BCUT2D eigenvalue weighted by Gasteiger charge is -2.08. The largest absolute Gasteiger partial charge is 0.416 e. The average molecular weight is 423 g/mol. The van der Waals surface area contributed by atoms with Crippen LogP contribution < -0.4 is 4.72 Å². The van der Waals surface area contributed by atoms with E-state index in [4.69, 9.17) is 11.6 Å². The number of thiophene rings is 1. The Kier molecular flexibility index (Phi) is 4.95. The third-order valence-electron chi connectivity index (χ3n) is 3.17. The van der Waals surface area contributed by atoms with E-state index in [1.165, 1.54) is 35.3 Å². The number of hydrogen-bond donors (Lipinski definition) is 1. The van der Waals surface area contributed by atoms with Crippen LogP contribution in [0.1, 0.15) is 11.1 Å². The van der Waals surface area contributed by atoms with Crippen LogP contribution in [-0.4, -0.2) is 23.2 Å². The molecule has 0 saturated carbocycles. The summed E-state index contributed by atoms with van der Waals surface area (Å²) in [5, 5.41) is 3.92. The van der Waals surface area contributed by atoms with Crippen LogP contribution in [-0.2, 0) is 22.7 Å². The van der Waals surface area contributed by atoms with Gasteiger partial charge >= 0.3 is 6.18 Å². The summed E-state index contributed by atoms with van der Waals surface area (Å²) in [5.74, 6) is -0.193. The molecule has 0 fully saturated rings. The second kappa shape index (κ2) is 6.89. The van der Waals surface area contributed by atoms with Crippen molar-refractivity contribution in [1.29, 1.82) is 0 Å². The summed E-state index contributed by atoms with van der Waals surface area (Å²) in [6.45, 7) is 0.00345. The number of aromatic nitrogens is 3. The van der Waals surface area contributed by atoms with E-state index in [1.807, 2.05) is 0 Å². The summed E-state index contributed by atoms with van der Waals surface area (Å²) in [6, 6.07) is 7.55. The zero-order chi connectivity index (χ0) is 18.9. The molecule has 0 unspecified atom stereocenters. The summed E-state index contributed by atoms with van der Waals surface area (Å²) < 4.78 is 66.3. The van der Waals surface area contributed by atoms with E-state index in [0.717, 1.165) is 23.5 Å². The molecular formula is C14H10ClF3N4O2S2. The Morgan fingerprint density at radius 1 is 1.23 bits per heavy atom. The fourth-order valence-electron chi connectivity index (χ4n) is 2.06. The maximum Gasteiger partial charge on any atom is 0.416 e. The number of sulfonamides is 1. The maximum atomic E-state index is 12.7. The molecule has 6 nitrogen and oxygen atoms in total. The Labute approximate surface area is 155 Å². The molecule has 0 bridgehead atoms. The molecule has 138 valence electrons. The summed E-state index contributed by atoms with van der Waals surface area (Å²) in [4.78, 5) is 3.81. The number of hydrogen-bond acceptors (Lipinski definition) is 5. The summed E-state index contributed by atoms with van der Waals surface area (Å²) in [5.41, 5.74) is -0.421. The Morgan fingerprint density at radius 3 is 2.65 bits per heavy atom. The molecule has 0 aliphatic carbocycles. The van der Waals surface area contributed by atoms with E-state index < -0.39 is 21.8 Å². The third kappa shape index (κ3) is 4.34. The molecule has 1 aromatic carbocycles.